The Kier molecular flexibility index (Phi) is 11.0. The van der Waals surface area contributed by atoms with Crippen molar-refractivity contribution in [1.29, 1.82) is 0 Å². The van der Waals surface area contributed by atoms with E-state index in [9.17, 15) is 19.5 Å². The van der Waals surface area contributed by atoms with Crippen LogP contribution >= 0.6 is 0 Å². The van der Waals surface area contributed by atoms with Crippen LogP contribution in [0.5, 0.6) is 0 Å². The molecule has 6 aliphatic rings. The van der Waals surface area contributed by atoms with E-state index in [1.165, 1.54) is 17.6 Å². The number of aliphatic hydroxyl groups excluding tert-OH is 1. The summed E-state index contributed by atoms with van der Waals surface area (Å²) in [6, 6.07) is 6.65. The molecule has 5 N–H and O–H groups in total. The zero-order valence-electron chi connectivity index (χ0n) is 31.5. The maximum Gasteiger partial charge on any atom is 0.350 e. The van der Waals surface area contributed by atoms with Crippen LogP contribution in [0.4, 0.5) is 0 Å². The summed E-state index contributed by atoms with van der Waals surface area (Å²) in [5.41, 5.74) is 0.585. The second-order valence-electron chi connectivity index (χ2n) is 15.9. The Bertz CT molecular complexity index is 1770. The second-order valence-corrected chi connectivity index (χ2v) is 15.9. The number of Topliss-reactive ketones (excluding diaryl/α,β-unsaturated/α-hetero) is 2. The highest BCUT2D eigenvalue weighted by Gasteiger charge is 2.85. The van der Waals surface area contributed by atoms with Gasteiger partial charge < -0.3 is 35.8 Å². The van der Waals surface area contributed by atoms with Gasteiger partial charge in [0.25, 0.3) is 5.60 Å². The standard InChI is InChI=1S/C43H56N4O6/c1-4-45-36-21-30-13-7-6-12-29(30)20-31(36)26-52-40(51)43-39(50)35-15-9-8-14-34(35)38(49)42(43,53-43)24-32(25-48)28(2)23-41(17-10-5-11-18-41)33-16-19-46-37(22-33)47-27-44-3/h7-9,13-16,21-22,29,31,36,44-48H,4-6,10-12,17-20,23-27H2,1-3H3/b32-28-/t29-,31-,36+,42-,43-/m0/s1. The predicted octanol–water partition coefficient (Wildman–Crippen LogP) is 5.18. The molecule has 2 heterocycles. The lowest BCUT2D eigenvalue weighted by molar-refractivity contribution is -0.150. The van der Waals surface area contributed by atoms with E-state index in [0.29, 0.717) is 24.6 Å². The lowest BCUT2D eigenvalue weighted by Crippen LogP contribution is -2.51. The average Bonchev–Trinajstić information content (AvgIpc) is 3.89. The van der Waals surface area contributed by atoms with Gasteiger partial charge in [-0.2, -0.15) is 0 Å². The zero-order chi connectivity index (χ0) is 37.2. The van der Waals surface area contributed by atoms with E-state index in [2.05, 4.69) is 58.6 Å². The number of benzene rings is 1. The predicted molar refractivity (Wildman–Crippen MR) is 204 cm³/mol. The highest BCUT2D eigenvalue weighted by molar-refractivity contribution is 6.32. The fourth-order valence-electron chi connectivity index (χ4n) is 9.81. The van der Waals surface area contributed by atoms with Gasteiger partial charge in [0.2, 0.25) is 5.78 Å². The molecule has 2 aliphatic heterocycles. The van der Waals surface area contributed by atoms with Crippen LogP contribution in [0.1, 0.15) is 98.8 Å². The monoisotopic (exact) mass is 724 g/mol. The summed E-state index contributed by atoms with van der Waals surface area (Å²) in [6.07, 6.45) is 20.1. The van der Waals surface area contributed by atoms with Crippen LogP contribution < -0.4 is 21.3 Å². The van der Waals surface area contributed by atoms with Crippen molar-refractivity contribution in [3.63, 3.8) is 0 Å². The molecule has 0 amide bonds. The number of likely N-dealkylation sites (N-methyl/N-ethyl adjacent to an activating group) is 1. The molecule has 4 aliphatic carbocycles. The molecule has 2 fully saturated rings. The number of aliphatic hydroxyl groups is 1. The SMILES string of the molecule is CCN[C@@H]1C=C2C=CCC[C@H]2C[C@H]1COC(=O)[C@]12O[C@@]1(C/C(CO)=C(\C)CC1(C3=CCNC(NCNC)=C3)CCCCC1)C(=O)c1ccccc1C2=O. The number of esters is 1. The van der Waals surface area contributed by atoms with Gasteiger partial charge in [-0.05, 0) is 93.2 Å². The van der Waals surface area contributed by atoms with Crippen molar-refractivity contribution in [3.05, 3.63) is 93.9 Å². The highest BCUT2D eigenvalue weighted by Crippen LogP contribution is 2.60. The van der Waals surface area contributed by atoms with Crippen molar-refractivity contribution in [2.45, 2.75) is 95.3 Å². The summed E-state index contributed by atoms with van der Waals surface area (Å²) < 4.78 is 12.4. The van der Waals surface area contributed by atoms with Gasteiger partial charge in [-0.1, -0.05) is 80.3 Å². The largest absolute Gasteiger partial charge is 0.463 e. The van der Waals surface area contributed by atoms with E-state index in [1.54, 1.807) is 24.3 Å². The smallest absolute Gasteiger partial charge is 0.350 e. The van der Waals surface area contributed by atoms with E-state index < -0.39 is 28.7 Å². The van der Waals surface area contributed by atoms with Crippen LogP contribution in [-0.2, 0) is 14.3 Å². The van der Waals surface area contributed by atoms with E-state index >= 15 is 0 Å². The quantitative estimate of drug-likeness (QED) is 0.0573. The van der Waals surface area contributed by atoms with Crippen molar-refractivity contribution in [2.24, 2.45) is 17.3 Å². The van der Waals surface area contributed by atoms with Crippen LogP contribution in [0.25, 0.3) is 0 Å². The molecule has 10 heteroatoms. The molecule has 0 radical (unpaired) electrons. The third-order valence-corrected chi connectivity index (χ3v) is 12.7. The lowest BCUT2D eigenvalue weighted by atomic mass is 9.64. The van der Waals surface area contributed by atoms with Gasteiger partial charge in [0.15, 0.2) is 11.4 Å². The van der Waals surface area contributed by atoms with E-state index in [0.717, 1.165) is 69.4 Å². The first-order valence-corrected chi connectivity index (χ1v) is 19.7. The molecule has 284 valence electrons. The van der Waals surface area contributed by atoms with Gasteiger partial charge in [-0.3, -0.25) is 9.59 Å². The Hall–Kier alpha value is -3.83. The first kappa shape index (κ1) is 37.5. The van der Waals surface area contributed by atoms with E-state index in [1.807, 2.05) is 14.0 Å². The maximum atomic E-state index is 14.5. The van der Waals surface area contributed by atoms with Gasteiger partial charge in [-0.25, -0.2) is 4.79 Å². The van der Waals surface area contributed by atoms with Crippen LogP contribution in [0.15, 0.2) is 82.8 Å². The molecular formula is C43H56N4O6. The Morgan fingerprint density at radius 3 is 2.60 bits per heavy atom. The number of epoxide rings is 1. The third kappa shape index (κ3) is 6.77. The van der Waals surface area contributed by atoms with Crippen LogP contribution in [-0.4, -0.2) is 79.9 Å². The van der Waals surface area contributed by atoms with Crippen LogP contribution in [0.2, 0.25) is 0 Å². The van der Waals surface area contributed by atoms with Crippen molar-refractivity contribution in [3.8, 4) is 0 Å². The summed E-state index contributed by atoms with van der Waals surface area (Å²) in [7, 11) is 1.90. The molecule has 0 unspecified atom stereocenters. The molecule has 1 saturated carbocycles. The van der Waals surface area contributed by atoms with Gasteiger partial charge in [0.1, 0.15) is 5.82 Å². The van der Waals surface area contributed by atoms with Crippen molar-refractivity contribution >= 4 is 17.5 Å². The Balaban J connectivity index is 1.18. The number of rotatable bonds is 14. The molecule has 1 saturated heterocycles. The molecule has 0 bridgehead atoms. The number of hydrogen-bond acceptors (Lipinski definition) is 10. The fourth-order valence-corrected chi connectivity index (χ4v) is 9.81. The summed E-state index contributed by atoms with van der Waals surface area (Å²) in [5.74, 6) is -0.387. The molecule has 10 nitrogen and oxygen atoms in total. The Morgan fingerprint density at radius 2 is 1.87 bits per heavy atom. The first-order chi connectivity index (χ1) is 25.7. The minimum Gasteiger partial charge on any atom is -0.463 e. The molecule has 1 aromatic carbocycles. The van der Waals surface area contributed by atoms with E-state index in [4.69, 9.17) is 9.47 Å². The fraction of sp³-hybridized carbons (Fsp3) is 0.558. The van der Waals surface area contributed by atoms with Gasteiger partial charge >= 0.3 is 5.97 Å². The normalized spacial score (nSPS) is 30.3. The summed E-state index contributed by atoms with van der Waals surface area (Å²) >= 11 is 0. The number of dihydropyridines is 1. The lowest BCUT2D eigenvalue weighted by Gasteiger charge is -2.41. The number of hydrogen-bond donors (Lipinski definition) is 5. The summed E-state index contributed by atoms with van der Waals surface area (Å²) in [6.45, 7) is 6.00. The maximum absolute atomic E-state index is 14.5. The number of ether oxygens (including phenoxy) is 2. The number of nitrogens with one attached hydrogen (secondary N) is 4. The second kappa shape index (κ2) is 15.5. The molecule has 5 atom stereocenters. The Morgan fingerprint density at radius 1 is 1.09 bits per heavy atom. The van der Waals surface area contributed by atoms with Crippen molar-refractivity contribution in [1.82, 2.24) is 21.3 Å². The van der Waals surface area contributed by atoms with Gasteiger partial charge in [-0.15, -0.1) is 0 Å². The number of fused-ring (bicyclic) bond motifs is 3. The molecule has 1 aromatic rings. The summed E-state index contributed by atoms with van der Waals surface area (Å²) in [4.78, 5) is 43.2. The molecule has 0 spiro atoms. The Labute approximate surface area is 313 Å². The number of carbonyl (C=O) groups excluding carboxylic acids is 3. The van der Waals surface area contributed by atoms with Crippen molar-refractivity contribution in [2.75, 3.05) is 40.0 Å². The van der Waals surface area contributed by atoms with Crippen LogP contribution in [0.3, 0.4) is 0 Å². The van der Waals surface area contributed by atoms with Gasteiger partial charge in [0, 0.05) is 36.1 Å². The number of allylic oxidation sites excluding steroid dienone is 6. The van der Waals surface area contributed by atoms with Crippen LogP contribution in [0, 0.1) is 17.3 Å². The van der Waals surface area contributed by atoms with Gasteiger partial charge in [0.05, 0.1) is 19.9 Å². The highest BCUT2D eigenvalue weighted by atomic mass is 16.7. The third-order valence-electron chi connectivity index (χ3n) is 12.7. The number of ketones is 2. The number of carbonyl (C=O) groups is 3. The molecular weight excluding hydrogens is 668 g/mol. The summed E-state index contributed by atoms with van der Waals surface area (Å²) in [5, 5.41) is 24.4. The zero-order valence-corrected chi connectivity index (χ0v) is 31.5. The minimum atomic E-state index is -2.09. The first-order valence-electron chi connectivity index (χ1n) is 19.7. The topological polar surface area (TPSA) is 141 Å². The van der Waals surface area contributed by atoms with Crippen molar-refractivity contribution < 1.29 is 29.0 Å². The average molecular weight is 725 g/mol. The molecule has 7 rings (SSSR count). The van der Waals surface area contributed by atoms with E-state index in [-0.39, 0.29) is 48.1 Å². The molecule has 53 heavy (non-hydrogen) atoms. The minimum absolute atomic E-state index is 0.0134. The molecule has 0 aromatic heterocycles.